The molecule has 5 heteroatoms. The maximum Gasteiger partial charge on any atom is 0.410 e. The summed E-state index contributed by atoms with van der Waals surface area (Å²) in [6.45, 7) is 7.69. The Hall–Kier alpha value is -1.26. The maximum absolute atomic E-state index is 12.0. The molecular formula is C14H24N2O3. The summed E-state index contributed by atoms with van der Waals surface area (Å²) in [5.41, 5.74) is -0.511. The van der Waals surface area contributed by atoms with Gasteiger partial charge in [-0.25, -0.2) is 4.79 Å². The second-order valence-corrected chi connectivity index (χ2v) is 6.51. The average molecular weight is 268 g/mol. The largest absolute Gasteiger partial charge is 0.444 e. The number of ether oxygens (including phenoxy) is 1. The third-order valence-corrected chi connectivity index (χ3v) is 3.47. The van der Waals surface area contributed by atoms with E-state index in [2.05, 4.69) is 0 Å². The number of nitrogens with zero attached hydrogens (tertiary/aromatic N) is 2. The summed E-state index contributed by atoms with van der Waals surface area (Å²) in [5, 5.41) is 0. The van der Waals surface area contributed by atoms with Gasteiger partial charge in [-0.2, -0.15) is 0 Å². The fourth-order valence-electron chi connectivity index (χ4n) is 2.17. The van der Waals surface area contributed by atoms with Gasteiger partial charge >= 0.3 is 6.09 Å². The molecule has 0 N–H and O–H groups in total. The normalized spacial score (nSPS) is 20.7. The lowest BCUT2D eigenvalue weighted by atomic mass is 10.2. The standard InChI is InChI=1S/C14H24N2O3/c1-14(2,3)19-13(18)16-9-8-15(12(17)10-16)7-6-11-4-5-11/h11H,4-10H2,1-3H3. The van der Waals surface area contributed by atoms with Crippen molar-refractivity contribution in [2.45, 2.75) is 45.6 Å². The predicted molar refractivity (Wildman–Crippen MR) is 71.7 cm³/mol. The van der Waals surface area contributed by atoms with Crippen LogP contribution in [0.4, 0.5) is 4.79 Å². The minimum absolute atomic E-state index is 0.0396. The first-order valence-electron chi connectivity index (χ1n) is 7.11. The first kappa shape index (κ1) is 14.2. The minimum atomic E-state index is -0.511. The van der Waals surface area contributed by atoms with Crippen LogP contribution >= 0.6 is 0 Å². The van der Waals surface area contributed by atoms with Crippen molar-refractivity contribution in [3.05, 3.63) is 0 Å². The number of piperazine rings is 1. The molecule has 0 atom stereocenters. The molecule has 1 saturated heterocycles. The number of carbonyl (C=O) groups is 2. The van der Waals surface area contributed by atoms with E-state index in [9.17, 15) is 9.59 Å². The Bertz CT molecular complexity index is 358. The highest BCUT2D eigenvalue weighted by molar-refractivity contribution is 5.83. The van der Waals surface area contributed by atoms with Crippen molar-refractivity contribution in [3.8, 4) is 0 Å². The van der Waals surface area contributed by atoms with Crippen LogP contribution in [0, 0.1) is 5.92 Å². The molecule has 1 saturated carbocycles. The van der Waals surface area contributed by atoms with Gasteiger partial charge in [0.2, 0.25) is 5.91 Å². The van der Waals surface area contributed by atoms with E-state index >= 15 is 0 Å². The van der Waals surface area contributed by atoms with Crippen LogP contribution in [-0.2, 0) is 9.53 Å². The van der Waals surface area contributed by atoms with Crippen molar-refractivity contribution in [1.29, 1.82) is 0 Å². The smallest absolute Gasteiger partial charge is 0.410 e. The second-order valence-electron chi connectivity index (χ2n) is 6.51. The molecule has 108 valence electrons. The Morgan fingerprint density at radius 1 is 1.32 bits per heavy atom. The van der Waals surface area contributed by atoms with E-state index in [1.807, 2.05) is 25.7 Å². The van der Waals surface area contributed by atoms with Gasteiger partial charge in [0.25, 0.3) is 0 Å². The molecule has 2 rings (SSSR count). The van der Waals surface area contributed by atoms with Crippen LogP contribution in [0.25, 0.3) is 0 Å². The van der Waals surface area contributed by atoms with Gasteiger partial charge in [0.1, 0.15) is 12.1 Å². The minimum Gasteiger partial charge on any atom is -0.444 e. The van der Waals surface area contributed by atoms with Gasteiger partial charge in [0.15, 0.2) is 0 Å². The van der Waals surface area contributed by atoms with Crippen LogP contribution in [0.1, 0.15) is 40.0 Å². The van der Waals surface area contributed by atoms with Crippen LogP contribution < -0.4 is 0 Å². The molecule has 0 aromatic rings. The topological polar surface area (TPSA) is 49.9 Å². The third-order valence-electron chi connectivity index (χ3n) is 3.47. The second kappa shape index (κ2) is 5.39. The maximum atomic E-state index is 12.0. The van der Waals surface area contributed by atoms with Gasteiger partial charge in [0.05, 0.1) is 0 Å². The lowest BCUT2D eigenvalue weighted by Gasteiger charge is -2.35. The highest BCUT2D eigenvalue weighted by Crippen LogP contribution is 2.32. The number of rotatable bonds is 3. The fraction of sp³-hybridized carbons (Fsp3) is 0.857. The van der Waals surface area contributed by atoms with Crippen molar-refractivity contribution in [3.63, 3.8) is 0 Å². The quantitative estimate of drug-likeness (QED) is 0.785. The number of carbonyl (C=O) groups excluding carboxylic acids is 2. The molecule has 5 nitrogen and oxygen atoms in total. The molecule has 0 radical (unpaired) electrons. The summed E-state index contributed by atoms with van der Waals surface area (Å²) in [5.74, 6) is 0.870. The van der Waals surface area contributed by atoms with E-state index in [0.29, 0.717) is 13.1 Å². The van der Waals surface area contributed by atoms with Gasteiger partial charge in [-0.15, -0.1) is 0 Å². The van der Waals surface area contributed by atoms with Gasteiger partial charge in [-0.3, -0.25) is 9.69 Å². The van der Waals surface area contributed by atoms with Gasteiger partial charge < -0.3 is 9.64 Å². The zero-order valence-corrected chi connectivity index (χ0v) is 12.1. The van der Waals surface area contributed by atoms with E-state index in [4.69, 9.17) is 4.74 Å². The molecule has 2 amide bonds. The van der Waals surface area contributed by atoms with Crippen LogP contribution in [0.2, 0.25) is 0 Å². The highest BCUT2D eigenvalue weighted by atomic mass is 16.6. The lowest BCUT2D eigenvalue weighted by Crippen LogP contribution is -2.53. The molecule has 0 spiro atoms. The zero-order valence-electron chi connectivity index (χ0n) is 12.1. The van der Waals surface area contributed by atoms with E-state index in [1.54, 1.807) is 0 Å². The van der Waals surface area contributed by atoms with E-state index < -0.39 is 5.60 Å². The third kappa shape index (κ3) is 4.40. The monoisotopic (exact) mass is 268 g/mol. The molecule has 0 unspecified atom stereocenters. The van der Waals surface area contributed by atoms with Crippen molar-refractivity contribution in [1.82, 2.24) is 9.80 Å². The van der Waals surface area contributed by atoms with E-state index in [1.165, 1.54) is 17.7 Å². The molecular weight excluding hydrogens is 244 g/mol. The molecule has 2 fully saturated rings. The highest BCUT2D eigenvalue weighted by Gasteiger charge is 2.31. The molecule has 19 heavy (non-hydrogen) atoms. The SMILES string of the molecule is CC(C)(C)OC(=O)N1CCN(CCC2CC2)C(=O)C1. The van der Waals surface area contributed by atoms with Gasteiger partial charge in [-0.05, 0) is 33.1 Å². The molecule has 1 aliphatic carbocycles. The molecule has 0 aromatic heterocycles. The Balaban J connectivity index is 1.78. The zero-order chi connectivity index (χ0) is 14.0. The van der Waals surface area contributed by atoms with Crippen molar-refractivity contribution >= 4 is 12.0 Å². The van der Waals surface area contributed by atoms with Crippen molar-refractivity contribution < 1.29 is 14.3 Å². The predicted octanol–water partition coefficient (Wildman–Crippen LogP) is 1.87. The van der Waals surface area contributed by atoms with Gasteiger partial charge in [-0.1, -0.05) is 12.8 Å². The van der Waals surface area contributed by atoms with Gasteiger partial charge in [0, 0.05) is 19.6 Å². The number of hydrogen-bond acceptors (Lipinski definition) is 3. The van der Waals surface area contributed by atoms with Crippen LogP contribution in [-0.4, -0.2) is 53.6 Å². The molecule has 0 bridgehead atoms. The lowest BCUT2D eigenvalue weighted by molar-refractivity contribution is -0.135. The van der Waals surface area contributed by atoms with E-state index in [0.717, 1.165) is 18.9 Å². The summed E-state index contributed by atoms with van der Waals surface area (Å²) in [6.07, 6.45) is 3.35. The summed E-state index contributed by atoms with van der Waals surface area (Å²) in [7, 11) is 0. The number of hydrogen-bond donors (Lipinski definition) is 0. The average Bonchev–Trinajstić information content (AvgIpc) is 3.08. The first-order valence-corrected chi connectivity index (χ1v) is 7.11. The summed E-state index contributed by atoms with van der Waals surface area (Å²) in [4.78, 5) is 27.2. The van der Waals surface area contributed by atoms with Crippen LogP contribution in [0.15, 0.2) is 0 Å². The molecule has 1 heterocycles. The summed E-state index contributed by atoms with van der Waals surface area (Å²) < 4.78 is 5.29. The fourth-order valence-corrected chi connectivity index (χ4v) is 2.17. The van der Waals surface area contributed by atoms with Crippen LogP contribution in [0.5, 0.6) is 0 Å². The Labute approximate surface area is 114 Å². The van der Waals surface area contributed by atoms with Crippen molar-refractivity contribution in [2.24, 2.45) is 5.92 Å². The Kier molecular flexibility index (Phi) is 4.02. The summed E-state index contributed by atoms with van der Waals surface area (Å²) in [6, 6.07) is 0. The van der Waals surface area contributed by atoms with Crippen LogP contribution in [0.3, 0.4) is 0 Å². The number of amides is 2. The molecule has 2 aliphatic rings. The Morgan fingerprint density at radius 3 is 2.53 bits per heavy atom. The van der Waals surface area contributed by atoms with Crippen molar-refractivity contribution in [2.75, 3.05) is 26.2 Å². The molecule has 0 aromatic carbocycles. The first-order chi connectivity index (χ1) is 8.85. The molecule has 1 aliphatic heterocycles. The van der Waals surface area contributed by atoms with E-state index in [-0.39, 0.29) is 18.5 Å². The Morgan fingerprint density at radius 2 is 2.00 bits per heavy atom. The summed E-state index contributed by atoms with van der Waals surface area (Å²) >= 11 is 0.